The van der Waals surface area contributed by atoms with Crippen LogP contribution in [-0.2, 0) is 16.1 Å². The Morgan fingerprint density at radius 1 is 1.29 bits per heavy atom. The maximum Gasteiger partial charge on any atom is 0.241 e. The number of nitrogens with zero attached hydrogens (tertiary/aromatic N) is 2. The van der Waals surface area contributed by atoms with E-state index in [0.29, 0.717) is 26.1 Å². The summed E-state index contributed by atoms with van der Waals surface area (Å²) in [5.74, 6) is -0.0348. The maximum absolute atomic E-state index is 13.0. The van der Waals surface area contributed by atoms with Gasteiger partial charge in [-0.1, -0.05) is 12.1 Å². The van der Waals surface area contributed by atoms with Crippen molar-refractivity contribution in [1.29, 1.82) is 0 Å². The third kappa shape index (κ3) is 4.40. The lowest BCUT2D eigenvalue weighted by Crippen LogP contribution is -2.51. The highest BCUT2D eigenvalue weighted by molar-refractivity contribution is 7.09. The number of aromatic nitrogens is 1. The van der Waals surface area contributed by atoms with Crippen LogP contribution in [0.3, 0.4) is 0 Å². The van der Waals surface area contributed by atoms with Gasteiger partial charge in [-0.05, 0) is 42.3 Å². The highest BCUT2D eigenvalue weighted by atomic mass is 32.1. The largest absolute Gasteiger partial charge is 0.351 e. The average molecular weight is 400 g/mol. The highest BCUT2D eigenvalue weighted by Crippen LogP contribution is 2.24. The quantitative estimate of drug-likeness (QED) is 0.711. The molecule has 3 atom stereocenters. The molecular formula is C20H25N5O2S. The summed E-state index contributed by atoms with van der Waals surface area (Å²) in [5.41, 5.74) is 7.38. The second kappa shape index (κ2) is 8.81. The van der Waals surface area contributed by atoms with E-state index in [9.17, 15) is 9.59 Å². The Balaban J connectivity index is 1.30. The Bertz CT molecular complexity index is 798. The summed E-state index contributed by atoms with van der Waals surface area (Å²) < 4.78 is 0. The molecule has 0 bridgehead atoms. The number of hydrazine groups is 1. The van der Waals surface area contributed by atoms with Gasteiger partial charge in [0.05, 0.1) is 12.5 Å². The lowest BCUT2D eigenvalue weighted by atomic mass is 9.95. The Morgan fingerprint density at radius 3 is 3.00 bits per heavy atom. The van der Waals surface area contributed by atoms with Crippen molar-refractivity contribution >= 4 is 23.2 Å². The number of hydrogen-bond donors (Lipinski definition) is 3. The fourth-order valence-corrected chi connectivity index (χ4v) is 4.51. The molecule has 148 valence electrons. The van der Waals surface area contributed by atoms with Crippen LogP contribution < -0.4 is 16.2 Å². The lowest BCUT2D eigenvalue weighted by molar-refractivity contribution is -0.137. The second-order valence-electron chi connectivity index (χ2n) is 7.34. The van der Waals surface area contributed by atoms with Gasteiger partial charge in [-0.2, -0.15) is 0 Å². The van der Waals surface area contributed by atoms with Crippen LogP contribution >= 0.6 is 11.3 Å². The molecule has 8 heteroatoms. The Hall–Kier alpha value is -2.29. The van der Waals surface area contributed by atoms with Crippen LogP contribution in [0, 0.1) is 5.92 Å². The topological polar surface area (TPSA) is 86.4 Å². The average Bonchev–Trinajstić information content (AvgIpc) is 3.44. The van der Waals surface area contributed by atoms with Gasteiger partial charge in [0.15, 0.2) is 0 Å². The molecule has 0 saturated carbocycles. The van der Waals surface area contributed by atoms with E-state index in [1.54, 1.807) is 17.5 Å². The lowest BCUT2D eigenvalue weighted by Gasteiger charge is -2.33. The van der Waals surface area contributed by atoms with Crippen molar-refractivity contribution in [1.82, 2.24) is 26.1 Å². The molecular weight excluding hydrogens is 374 g/mol. The summed E-state index contributed by atoms with van der Waals surface area (Å²) in [6.07, 6.45) is 5.92. The van der Waals surface area contributed by atoms with Crippen molar-refractivity contribution < 1.29 is 9.59 Å². The zero-order chi connectivity index (χ0) is 19.3. The van der Waals surface area contributed by atoms with Crippen molar-refractivity contribution in [3.05, 3.63) is 52.5 Å². The highest BCUT2D eigenvalue weighted by Gasteiger charge is 2.36. The fourth-order valence-electron chi connectivity index (χ4n) is 3.86. The van der Waals surface area contributed by atoms with Crippen LogP contribution in [0.5, 0.6) is 0 Å². The first-order valence-electron chi connectivity index (χ1n) is 9.70. The van der Waals surface area contributed by atoms with Crippen molar-refractivity contribution in [2.75, 3.05) is 13.1 Å². The van der Waals surface area contributed by atoms with Gasteiger partial charge >= 0.3 is 0 Å². The molecule has 2 aliphatic heterocycles. The van der Waals surface area contributed by atoms with Gasteiger partial charge in [0, 0.05) is 36.4 Å². The number of carbonyl (C=O) groups is 2. The third-order valence-corrected chi connectivity index (χ3v) is 6.29. The molecule has 4 heterocycles. The molecule has 2 saturated heterocycles. The molecule has 3 N–H and O–H groups in total. The minimum absolute atomic E-state index is 0.0386. The molecule has 0 spiro atoms. The number of piperidine rings is 1. The molecule has 0 aromatic carbocycles. The number of nitrogens with one attached hydrogen (secondary N) is 3. The first-order chi connectivity index (χ1) is 13.7. The van der Waals surface area contributed by atoms with E-state index in [2.05, 4.69) is 21.2 Å². The predicted octanol–water partition coefficient (Wildman–Crippen LogP) is 1.61. The standard InChI is InChI=1S/C20H25N5O2S/c26-19(22-12-16-6-3-9-28-16)15-5-2-8-25(13-15)20(27)18-10-17(23-24-18)14-4-1-7-21-11-14/h1,3-4,6-7,9,11,15,17-18,23-24H,2,5,8,10,12-13H2,(H,22,26). The molecule has 2 fully saturated rings. The number of rotatable bonds is 5. The van der Waals surface area contributed by atoms with Gasteiger partial charge in [0.25, 0.3) is 0 Å². The predicted molar refractivity (Wildman–Crippen MR) is 107 cm³/mol. The zero-order valence-electron chi connectivity index (χ0n) is 15.6. The fraction of sp³-hybridized carbons (Fsp3) is 0.450. The summed E-state index contributed by atoms with van der Waals surface area (Å²) in [6, 6.07) is 7.69. The third-order valence-electron chi connectivity index (χ3n) is 5.41. The Labute approximate surface area is 168 Å². The maximum atomic E-state index is 13.0. The minimum atomic E-state index is -0.280. The van der Waals surface area contributed by atoms with Crippen molar-refractivity contribution in [3.8, 4) is 0 Å². The van der Waals surface area contributed by atoms with E-state index in [1.807, 2.05) is 40.7 Å². The van der Waals surface area contributed by atoms with Gasteiger partial charge in [-0.3, -0.25) is 14.6 Å². The molecule has 2 amide bonds. The van der Waals surface area contributed by atoms with E-state index in [4.69, 9.17) is 0 Å². The number of hydrogen-bond acceptors (Lipinski definition) is 6. The molecule has 2 aliphatic rings. The van der Waals surface area contributed by atoms with Crippen LogP contribution in [0.4, 0.5) is 0 Å². The van der Waals surface area contributed by atoms with Crippen LogP contribution in [0.2, 0.25) is 0 Å². The molecule has 0 radical (unpaired) electrons. The first-order valence-corrected chi connectivity index (χ1v) is 10.6. The van der Waals surface area contributed by atoms with Gasteiger partial charge in [-0.25, -0.2) is 10.9 Å². The van der Waals surface area contributed by atoms with E-state index in [-0.39, 0.29) is 29.8 Å². The summed E-state index contributed by atoms with van der Waals surface area (Å²) in [7, 11) is 0. The van der Waals surface area contributed by atoms with Crippen molar-refractivity contribution in [2.45, 2.75) is 37.9 Å². The summed E-state index contributed by atoms with van der Waals surface area (Å²) in [4.78, 5) is 32.6. The first kappa shape index (κ1) is 19.0. The summed E-state index contributed by atoms with van der Waals surface area (Å²) in [5, 5.41) is 5.01. The smallest absolute Gasteiger partial charge is 0.241 e. The number of likely N-dealkylation sites (tertiary alicyclic amines) is 1. The number of carbonyl (C=O) groups excluding carboxylic acids is 2. The monoisotopic (exact) mass is 399 g/mol. The molecule has 2 aromatic heterocycles. The summed E-state index contributed by atoms with van der Waals surface area (Å²) >= 11 is 1.63. The van der Waals surface area contributed by atoms with Crippen LogP contribution in [0.15, 0.2) is 42.0 Å². The number of thiophene rings is 1. The van der Waals surface area contributed by atoms with E-state index in [1.165, 1.54) is 0 Å². The van der Waals surface area contributed by atoms with Crippen molar-refractivity contribution in [3.63, 3.8) is 0 Å². The van der Waals surface area contributed by atoms with Crippen LogP contribution in [0.25, 0.3) is 0 Å². The van der Waals surface area contributed by atoms with Crippen LogP contribution in [0.1, 0.15) is 35.7 Å². The molecule has 7 nitrogen and oxygen atoms in total. The Kier molecular flexibility index (Phi) is 5.99. The summed E-state index contributed by atoms with van der Waals surface area (Å²) in [6.45, 7) is 1.76. The van der Waals surface area contributed by atoms with Crippen LogP contribution in [-0.4, -0.2) is 40.8 Å². The van der Waals surface area contributed by atoms with Gasteiger partial charge < -0.3 is 10.2 Å². The molecule has 0 aliphatic carbocycles. The molecule has 3 unspecified atom stereocenters. The van der Waals surface area contributed by atoms with E-state index in [0.717, 1.165) is 23.3 Å². The van der Waals surface area contributed by atoms with E-state index < -0.39 is 0 Å². The van der Waals surface area contributed by atoms with Gasteiger partial charge in [0.1, 0.15) is 6.04 Å². The van der Waals surface area contributed by atoms with E-state index >= 15 is 0 Å². The molecule has 28 heavy (non-hydrogen) atoms. The SMILES string of the molecule is O=C(NCc1cccs1)C1CCCN(C(=O)C2CC(c3cccnc3)NN2)C1. The normalized spacial score (nSPS) is 24.9. The zero-order valence-corrected chi connectivity index (χ0v) is 16.5. The van der Waals surface area contributed by atoms with Crippen molar-refractivity contribution in [2.24, 2.45) is 5.92 Å². The number of amides is 2. The molecule has 2 aromatic rings. The van der Waals surface area contributed by atoms with Gasteiger partial charge in [0.2, 0.25) is 11.8 Å². The number of pyridine rings is 1. The van der Waals surface area contributed by atoms with Gasteiger partial charge in [-0.15, -0.1) is 11.3 Å². The Morgan fingerprint density at radius 2 is 2.21 bits per heavy atom. The second-order valence-corrected chi connectivity index (χ2v) is 8.37. The molecule has 4 rings (SSSR count). The minimum Gasteiger partial charge on any atom is -0.351 e.